The summed E-state index contributed by atoms with van der Waals surface area (Å²) in [5.74, 6) is -0.789. The van der Waals surface area contributed by atoms with E-state index in [1.165, 1.54) is 16.2 Å². The monoisotopic (exact) mass is 498 g/mol. The zero-order chi connectivity index (χ0) is 25.4. The lowest BCUT2D eigenvalue weighted by molar-refractivity contribution is -0.200. The topological polar surface area (TPSA) is 76.6 Å². The molecule has 1 aromatic rings. The Labute approximate surface area is 203 Å². The van der Waals surface area contributed by atoms with Gasteiger partial charge in [-0.25, -0.2) is 4.79 Å². The van der Waals surface area contributed by atoms with Crippen molar-refractivity contribution in [2.75, 3.05) is 63.8 Å². The highest BCUT2D eigenvalue weighted by molar-refractivity contribution is 5.69. The fourth-order valence-corrected chi connectivity index (χ4v) is 5.27. The van der Waals surface area contributed by atoms with Crippen LogP contribution in [-0.4, -0.2) is 103 Å². The van der Waals surface area contributed by atoms with E-state index >= 15 is 0 Å². The largest absolute Gasteiger partial charge is 0.480 e. The fraction of sp³-hybridized carbons (Fsp3) is 0.667. The minimum absolute atomic E-state index is 0.0894. The molecule has 0 bridgehead atoms. The van der Waals surface area contributed by atoms with Gasteiger partial charge in [0.15, 0.2) is 6.10 Å². The van der Waals surface area contributed by atoms with E-state index in [1.54, 1.807) is 0 Å². The first-order valence-electron chi connectivity index (χ1n) is 12.0. The lowest BCUT2D eigenvalue weighted by atomic mass is 9.78. The van der Waals surface area contributed by atoms with E-state index in [0.29, 0.717) is 32.7 Å². The van der Waals surface area contributed by atoms with Gasteiger partial charge in [-0.1, -0.05) is 12.1 Å². The predicted molar refractivity (Wildman–Crippen MR) is 123 cm³/mol. The summed E-state index contributed by atoms with van der Waals surface area (Å²) in [7, 11) is 0. The molecule has 3 aliphatic rings. The summed E-state index contributed by atoms with van der Waals surface area (Å²) in [5.41, 5.74) is 3.66. The van der Waals surface area contributed by atoms with Crippen LogP contribution in [0.3, 0.4) is 0 Å². The average molecular weight is 499 g/mol. The molecular formula is C24H33F3N4O4. The van der Waals surface area contributed by atoms with Crippen molar-refractivity contribution in [2.45, 2.75) is 39.1 Å². The molecule has 194 valence electrons. The normalized spacial score (nSPS) is 21.7. The maximum Gasteiger partial charge on any atom is 0.425 e. The molecule has 1 amide bonds. The molecule has 3 heterocycles. The summed E-state index contributed by atoms with van der Waals surface area (Å²) in [6.45, 7) is 8.83. The number of nitrogens with zero attached hydrogens (tertiary/aromatic N) is 4. The molecule has 8 nitrogen and oxygen atoms in total. The summed E-state index contributed by atoms with van der Waals surface area (Å²) < 4.78 is 42.6. The first kappa shape index (κ1) is 25.6. The van der Waals surface area contributed by atoms with Gasteiger partial charge in [0.2, 0.25) is 0 Å². The van der Waals surface area contributed by atoms with Gasteiger partial charge in [0.1, 0.15) is 0 Å². The van der Waals surface area contributed by atoms with Crippen molar-refractivity contribution < 1.29 is 32.6 Å². The van der Waals surface area contributed by atoms with E-state index in [0.717, 1.165) is 45.1 Å². The zero-order valence-corrected chi connectivity index (χ0v) is 20.2. The molecule has 35 heavy (non-hydrogen) atoms. The Balaban J connectivity index is 1.31. The summed E-state index contributed by atoms with van der Waals surface area (Å²) in [5, 5.41) is 9.07. The second kappa shape index (κ2) is 9.85. The SMILES string of the molecule is Cc1ccc(CN2CCN(C(=O)OC(C)C(F)(F)F)CC2)c(N2CC3(CCN(CC(=O)O)C3)C2)c1. The number of likely N-dealkylation sites (tertiary alicyclic amines) is 1. The number of hydrogen-bond acceptors (Lipinski definition) is 6. The van der Waals surface area contributed by atoms with Crippen LogP contribution >= 0.6 is 0 Å². The third-order valence-corrected chi connectivity index (χ3v) is 7.27. The number of benzene rings is 1. The predicted octanol–water partition coefficient (Wildman–Crippen LogP) is 2.80. The molecule has 1 aromatic carbocycles. The Morgan fingerprint density at radius 1 is 1.09 bits per heavy atom. The van der Waals surface area contributed by atoms with Gasteiger partial charge in [0, 0.05) is 63.5 Å². The minimum atomic E-state index is -4.57. The first-order chi connectivity index (χ1) is 16.4. The van der Waals surface area contributed by atoms with Gasteiger partial charge in [-0.2, -0.15) is 13.2 Å². The smallest absolute Gasteiger partial charge is 0.425 e. The average Bonchev–Trinajstić information content (AvgIpc) is 3.17. The van der Waals surface area contributed by atoms with Gasteiger partial charge in [0.05, 0.1) is 6.54 Å². The number of aliphatic carboxylic acids is 1. The molecular weight excluding hydrogens is 465 g/mol. The van der Waals surface area contributed by atoms with Crippen molar-refractivity contribution in [3.8, 4) is 0 Å². The Morgan fingerprint density at radius 2 is 1.77 bits per heavy atom. The molecule has 1 spiro atoms. The number of carbonyl (C=O) groups is 2. The Morgan fingerprint density at radius 3 is 2.40 bits per heavy atom. The molecule has 0 aromatic heterocycles. The third kappa shape index (κ3) is 6.00. The number of carboxylic acids is 1. The lowest BCUT2D eigenvalue weighted by Crippen LogP contribution is -2.58. The van der Waals surface area contributed by atoms with E-state index in [1.807, 2.05) is 4.90 Å². The molecule has 1 atom stereocenters. The molecule has 3 fully saturated rings. The van der Waals surface area contributed by atoms with Crippen molar-refractivity contribution >= 4 is 17.7 Å². The number of carboxylic acid groups (broad SMARTS) is 1. The number of hydrogen-bond donors (Lipinski definition) is 1. The van der Waals surface area contributed by atoms with Crippen LogP contribution in [0.25, 0.3) is 0 Å². The van der Waals surface area contributed by atoms with Crippen LogP contribution in [0.15, 0.2) is 18.2 Å². The molecule has 1 unspecified atom stereocenters. The summed E-state index contributed by atoms with van der Waals surface area (Å²) in [4.78, 5) is 31.0. The highest BCUT2D eigenvalue weighted by Gasteiger charge is 2.48. The Bertz CT molecular complexity index is 943. The number of piperazine rings is 1. The number of alkyl halides is 3. The zero-order valence-electron chi connectivity index (χ0n) is 20.2. The van der Waals surface area contributed by atoms with Gasteiger partial charge in [-0.15, -0.1) is 0 Å². The number of ether oxygens (including phenoxy) is 1. The van der Waals surface area contributed by atoms with Gasteiger partial charge < -0.3 is 19.6 Å². The second-order valence-corrected chi connectivity index (χ2v) is 10.2. The van der Waals surface area contributed by atoms with Crippen LogP contribution in [-0.2, 0) is 16.1 Å². The van der Waals surface area contributed by atoms with Crippen LogP contribution in [0.5, 0.6) is 0 Å². The van der Waals surface area contributed by atoms with E-state index in [2.05, 4.69) is 39.7 Å². The van der Waals surface area contributed by atoms with Gasteiger partial charge in [-0.3, -0.25) is 14.6 Å². The van der Waals surface area contributed by atoms with Crippen molar-refractivity contribution in [1.29, 1.82) is 0 Å². The van der Waals surface area contributed by atoms with Gasteiger partial charge in [-0.05, 0) is 44.0 Å². The summed E-state index contributed by atoms with van der Waals surface area (Å²) in [6, 6.07) is 6.37. The van der Waals surface area contributed by atoms with Crippen molar-refractivity contribution in [1.82, 2.24) is 14.7 Å². The molecule has 1 N–H and O–H groups in total. The Kier molecular flexibility index (Phi) is 7.19. The second-order valence-electron chi connectivity index (χ2n) is 10.2. The highest BCUT2D eigenvalue weighted by atomic mass is 19.4. The van der Waals surface area contributed by atoms with Crippen LogP contribution in [0.2, 0.25) is 0 Å². The molecule has 11 heteroatoms. The number of halogens is 3. The minimum Gasteiger partial charge on any atom is -0.480 e. The maximum absolute atomic E-state index is 12.7. The molecule has 0 saturated carbocycles. The number of amides is 1. The van der Waals surface area contributed by atoms with Crippen LogP contribution < -0.4 is 4.90 Å². The molecule has 3 aliphatic heterocycles. The highest BCUT2D eigenvalue weighted by Crippen LogP contribution is 2.43. The number of rotatable bonds is 6. The van der Waals surface area contributed by atoms with Gasteiger partial charge >= 0.3 is 18.2 Å². The van der Waals surface area contributed by atoms with Crippen molar-refractivity contribution in [3.63, 3.8) is 0 Å². The maximum atomic E-state index is 12.7. The van der Waals surface area contributed by atoms with E-state index in [-0.39, 0.29) is 12.0 Å². The van der Waals surface area contributed by atoms with Crippen molar-refractivity contribution in [3.05, 3.63) is 29.3 Å². The molecule has 0 aliphatic carbocycles. The summed E-state index contributed by atoms with van der Waals surface area (Å²) >= 11 is 0. The van der Waals surface area contributed by atoms with E-state index in [4.69, 9.17) is 5.11 Å². The molecule has 0 radical (unpaired) electrons. The first-order valence-corrected chi connectivity index (χ1v) is 12.0. The number of carbonyl (C=O) groups excluding carboxylic acids is 1. The Hall–Kier alpha value is -2.53. The number of anilines is 1. The molecule has 3 saturated heterocycles. The van der Waals surface area contributed by atoms with Crippen molar-refractivity contribution in [2.24, 2.45) is 5.41 Å². The van der Waals surface area contributed by atoms with E-state index in [9.17, 15) is 22.8 Å². The van der Waals surface area contributed by atoms with E-state index < -0.39 is 24.3 Å². The standard InChI is InChI=1S/C24H33F3N4O4/c1-17-3-4-19(12-28-7-9-30(10-8-28)22(34)35-18(2)24(25,26)27)20(11-17)31-15-23(16-31)5-6-29(14-23)13-21(32)33/h3-4,11,18H,5-10,12-16H2,1-2H3,(H,32,33). The number of aryl methyl sites for hydroxylation is 1. The third-order valence-electron chi connectivity index (χ3n) is 7.27. The van der Waals surface area contributed by atoms with Gasteiger partial charge in [0.25, 0.3) is 0 Å². The lowest BCUT2D eigenvalue weighted by Gasteiger charge is -2.50. The van der Waals surface area contributed by atoms with Crippen LogP contribution in [0, 0.1) is 12.3 Å². The summed E-state index contributed by atoms with van der Waals surface area (Å²) in [6.07, 6.45) is -6.62. The fourth-order valence-electron chi connectivity index (χ4n) is 5.27. The quantitative estimate of drug-likeness (QED) is 0.647. The van der Waals surface area contributed by atoms with Crippen LogP contribution in [0.1, 0.15) is 24.5 Å². The molecule has 4 rings (SSSR count). The van der Waals surface area contributed by atoms with Crippen LogP contribution in [0.4, 0.5) is 23.7 Å².